The summed E-state index contributed by atoms with van der Waals surface area (Å²) in [4.78, 5) is 44.8. The topological polar surface area (TPSA) is 79.8 Å². The van der Waals surface area contributed by atoms with Crippen LogP contribution in [0.1, 0.15) is 28.8 Å². The maximum absolute atomic E-state index is 13.0. The largest absolute Gasteiger partial charge is 0.378 e. The number of Topliss-reactive ketones (excluding diaryl/α,β-unsaturated/α-hetero) is 1. The highest BCUT2D eigenvalue weighted by Crippen LogP contribution is 2.14. The van der Waals surface area contributed by atoms with Crippen molar-refractivity contribution < 1.29 is 23.5 Å². The number of rotatable bonds is 7. The van der Waals surface area contributed by atoms with Crippen molar-refractivity contribution >= 4 is 17.6 Å². The Kier molecular flexibility index (Phi) is 7.24. The van der Waals surface area contributed by atoms with Crippen molar-refractivity contribution in [2.45, 2.75) is 25.5 Å². The predicted octanol–water partition coefficient (Wildman–Crippen LogP) is 2.07. The summed E-state index contributed by atoms with van der Waals surface area (Å²) >= 11 is 0. The molecule has 1 atom stereocenters. The summed E-state index contributed by atoms with van der Waals surface area (Å²) in [5, 5.41) is 0. The van der Waals surface area contributed by atoms with E-state index < -0.39 is 5.82 Å². The number of aromatic nitrogens is 1. The van der Waals surface area contributed by atoms with Gasteiger partial charge in [-0.1, -0.05) is 6.07 Å². The third-order valence-electron chi connectivity index (χ3n) is 5.04. The Morgan fingerprint density at radius 2 is 1.93 bits per heavy atom. The molecule has 1 aromatic carbocycles. The molecule has 1 unspecified atom stereocenters. The molecule has 2 heterocycles. The van der Waals surface area contributed by atoms with E-state index in [2.05, 4.69) is 4.98 Å². The summed E-state index contributed by atoms with van der Waals surface area (Å²) in [5.74, 6) is -1.14. The van der Waals surface area contributed by atoms with E-state index in [4.69, 9.17) is 4.74 Å². The van der Waals surface area contributed by atoms with Crippen LogP contribution in [0.25, 0.3) is 0 Å². The van der Waals surface area contributed by atoms with E-state index in [1.807, 2.05) is 6.07 Å². The number of hydrogen-bond acceptors (Lipinski definition) is 5. The normalized spacial score (nSPS) is 17.0. The number of carbonyl (C=O) groups excluding carboxylic acids is 3. The minimum atomic E-state index is -0.424. The molecule has 2 aromatic rings. The van der Waals surface area contributed by atoms with Gasteiger partial charge in [0.25, 0.3) is 0 Å². The van der Waals surface area contributed by atoms with Gasteiger partial charge in [0.2, 0.25) is 11.8 Å². The fourth-order valence-corrected chi connectivity index (χ4v) is 3.34. The lowest BCUT2D eigenvalue weighted by molar-refractivity contribution is -0.139. The number of pyridine rings is 1. The molecule has 2 amide bonds. The molecule has 0 bridgehead atoms. The highest BCUT2D eigenvalue weighted by atomic mass is 19.1. The SMILES string of the molecule is COC1CN(C(=O)CCC(=O)c2ccc(F)cc2)CC(=O)N(Cc2cccnc2)C1. The van der Waals surface area contributed by atoms with Crippen LogP contribution in [-0.4, -0.2) is 65.2 Å². The van der Waals surface area contributed by atoms with Crippen molar-refractivity contribution in [2.75, 3.05) is 26.7 Å². The molecule has 0 aliphatic carbocycles. The maximum Gasteiger partial charge on any atom is 0.242 e. The molecule has 1 aliphatic heterocycles. The average molecular weight is 413 g/mol. The second-order valence-corrected chi connectivity index (χ2v) is 7.20. The van der Waals surface area contributed by atoms with Gasteiger partial charge in [0.1, 0.15) is 5.82 Å². The predicted molar refractivity (Wildman–Crippen MR) is 107 cm³/mol. The quantitative estimate of drug-likeness (QED) is 0.650. The number of nitrogens with zero attached hydrogens (tertiary/aromatic N) is 3. The number of ether oxygens (including phenoxy) is 1. The van der Waals surface area contributed by atoms with Crippen molar-refractivity contribution in [3.05, 3.63) is 65.7 Å². The highest BCUT2D eigenvalue weighted by molar-refractivity contribution is 5.98. The lowest BCUT2D eigenvalue weighted by Gasteiger charge is -2.23. The third-order valence-corrected chi connectivity index (χ3v) is 5.04. The van der Waals surface area contributed by atoms with Crippen molar-refractivity contribution in [2.24, 2.45) is 0 Å². The molecular weight excluding hydrogens is 389 g/mol. The van der Waals surface area contributed by atoms with Crippen molar-refractivity contribution in [1.82, 2.24) is 14.8 Å². The van der Waals surface area contributed by atoms with Crippen LogP contribution in [0.2, 0.25) is 0 Å². The summed E-state index contributed by atoms with van der Waals surface area (Å²) in [5.41, 5.74) is 1.25. The van der Waals surface area contributed by atoms with Gasteiger partial charge in [-0.3, -0.25) is 19.4 Å². The molecular formula is C22H24FN3O4. The Hall–Kier alpha value is -3.13. The molecule has 7 nitrogen and oxygen atoms in total. The zero-order valence-corrected chi connectivity index (χ0v) is 16.8. The number of halogens is 1. The number of ketones is 1. The standard InChI is InChI=1S/C22H24FN3O4/c1-30-19-13-25(12-16-3-2-10-24-11-16)22(29)15-26(14-19)21(28)9-8-20(27)17-4-6-18(23)7-5-17/h2-7,10-11,19H,8-9,12-15H2,1H3. The number of carbonyl (C=O) groups is 3. The molecule has 0 radical (unpaired) electrons. The zero-order valence-electron chi connectivity index (χ0n) is 16.8. The summed E-state index contributed by atoms with van der Waals surface area (Å²) in [6.45, 7) is 0.958. The van der Waals surface area contributed by atoms with Gasteiger partial charge < -0.3 is 14.5 Å². The summed E-state index contributed by atoms with van der Waals surface area (Å²) in [7, 11) is 1.55. The van der Waals surface area contributed by atoms with Gasteiger partial charge in [-0.25, -0.2) is 4.39 Å². The molecule has 8 heteroatoms. The van der Waals surface area contributed by atoms with Crippen LogP contribution in [0.15, 0.2) is 48.8 Å². The highest BCUT2D eigenvalue weighted by Gasteiger charge is 2.30. The van der Waals surface area contributed by atoms with Crippen molar-refractivity contribution in [3.8, 4) is 0 Å². The van der Waals surface area contributed by atoms with E-state index in [1.165, 1.54) is 29.2 Å². The van der Waals surface area contributed by atoms with Crippen molar-refractivity contribution in [1.29, 1.82) is 0 Å². The second-order valence-electron chi connectivity index (χ2n) is 7.20. The molecule has 1 saturated heterocycles. The monoisotopic (exact) mass is 413 g/mol. The first kappa shape index (κ1) is 21.6. The zero-order chi connectivity index (χ0) is 21.5. The molecule has 1 aromatic heterocycles. The Labute approximate surface area is 174 Å². The summed E-state index contributed by atoms with van der Waals surface area (Å²) in [6.07, 6.45) is 3.00. The van der Waals surface area contributed by atoms with Gasteiger partial charge in [0, 0.05) is 57.5 Å². The number of hydrogen-bond donors (Lipinski definition) is 0. The minimum Gasteiger partial charge on any atom is -0.378 e. The molecule has 0 N–H and O–H groups in total. The summed E-state index contributed by atoms with van der Waals surface area (Å²) in [6, 6.07) is 8.91. The van der Waals surface area contributed by atoms with E-state index in [1.54, 1.807) is 30.5 Å². The molecule has 0 spiro atoms. The average Bonchev–Trinajstić information content (AvgIpc) is 2.92. The van der Waals surface area contributed by atoms with Crippen LogP contribution in [-0.2, 0) is 20.9 Å². The van der Waals surface area contributed by atoms with E-state index in [9.17, 15) is 18.8 Å². The van der Waals surface area contributed by atoms with Gasteiger partial charge in [-0.2, -0.15) is 0 Å². The molecule has 1 fully saturated rings. The van der Waals surface area contributed by atoms with Crippen LogP contribution in [0, 0.1) is 5.82 Å². The van der Waals surface area contributed by atoms with E-state index >= 15 is 0 Å². The Morgan fingerprint density at radius 3 is 2.60 bits per heavy atom. The van der Waals surface area contributed by atoms with Crippen LogP contribution in [0.4, 0.5) is 4.39 Å². The van der Waals surface area contributed by atoms with E-state index in [0.29, 0.717) is 18.7 Å². The van der Waals surface area contributed by atoms with Gasteiger partial charge >= 0.3 is 0 Å². The number of amides is 2. The van der Waals surface area contributed by atoms with Gasteiger partial charge in [-0.05, 0) is 35.9 Å². The van der Waals surface area contributed by atoms with Crippen LogP contribution in [0.5, 0.6) is 0 Å². The first-order chi connectivity index (χ1) is 14.5. The number of benzene rings is 1. The fourth-order valence-electron chi connectivity index (χ4n) is 3.34. The van der Waals surface area contributed by atoms with Gasteiger partial charge in [0.05, 0.1) is 12.6 Å². The second kappa shape index (κ2) is 10.1. The Bertz CT molecular complexity index is 889. The Balaban J connectivity index is 1.60. The third kappa shape index (κ3) is 5.70. The molecule has 3 rings (SSSR count). The fraction of sp³-hybridized carbons (Fsp3) is 0.364. The van der Waals surface area contributed by atoms with Crippen molar-refractivity contribution in [3.63, 3.8) is 0 Å². The van der Waals surface area contributed by atoms with Crippen LogP contribution >= 0.6 is 0 Å². The maximum atomic E-state index is 13.0. The van der Waals surface area contributed by atoms with Crippen LogP contribution < -0.4 is 0 Å². The van der Waals surface area contributed by atoms with E-state index in [0.717, 1.165) is 5.56 Å². The van der Waals surface area contributed by atoms with Gasteiger partial charge in [0.15, 0.2) is 5.78 Å². The lowest BCUT2D eigenvalue weighted by Crippen LogP contribution is -2.39. The lowest BCUT2D eigenvalue weighted by atomic mass is 10.1. The first-order valence-electron chi connectivity index (χ1n) is 9.72. The Morgan fingerprint density at radius 1 is 1.17 bits per heavy atom. The number of methoxy groups -OCH3 is 1. The molecule has 158 valence electrons. The molecule has 0 saturated carbocycles. The minimum absolute atomic E-state index is 0.00773. The van der Waals surface area contributed by atoms with E-state index in [-0.39, 0.29) is 49.6 Å². The van der Waals surface area contributed by atoms with Crippen LogP contribution in [0.3, 0.4) is 0 Å². The first-order valence-corrected chi connectivity index (χ1v) is 9.72. The smallest absolute Gasteiger partial charge is 0.242 e. The molecule has 1 aliphatic rings. The molecule has 30 heavy (non-hydrogen) atoms. The van der Waals surface area contributed by atoms with Gasteiger partial charge in [-0.15, -0.1) is 0 Å². The summed E-state index contributed by atoms with van der Waals surface area (Å²) < 4.78 is 18.5.